The molecular weight excluding hydrogens is 520 g/mol. The summed E-state index contributed by atoms with van der Waals surface area (Å²) in [7, 11) is 1.46. The molecule has 2 heterocycles. The van der Waals surface area contributed by atoms with E-state index in [1.807, 2.05) is 43.3 Å². The van der Waals surface area contributed by atoms with Crippen LogP contribution >= 0.6 is 22.6 Å². The second-order valence-electron chi connectivity index (χ2n) is 6.98. The van der Waals surface area contributed by atoms with Crippen LogP contribution in [0.3, 0.4) is 0 Å². The van der Waals surface area contributed by atoms with Crippen LogP contribution in [0, 0.1) is 21.2 Å². The van der Waals surface area contributed by atoms with E-state index in [2.05, 4.69) is 49.7 Å². The molecule has 4 aromatic rings. The third kappa shape index (κ3) is 4.46. The van der Waals surface area contributed by atoms with Crippen molar-refractivity contribution in [2.75, 3.05) is 12.4 Å². The molecule has 2 N–H and O–H groups in total. The van der Waals surface area contributed by atoms with Crippen molar-refractivity contribution in [1.82, 2.24) is 9.97 Å². The Hall–Kier alpha value is -3.38. The van der Waals surface area contributed by atoms with Gasteiger partial charge in [-0.05, 0) is 64.4 Å². The Balaban J connectivity index is 1.76. The number of pyridine rings is 1. The molecule has 5 nitrogen and oxygen atoms in total. The molecule has 0 unspecified atom stereocenters. The standard InChI is InChI=1S/C25H19FIN3O2/c1-3-4-8-23(31)30-18-7-5-6-15(9-18)16-10-20-21(14-29-25(20)28-13-16)19-11-17(27)12-22(26)24(19)32-2/h5-7,9-14H,3H2,1-2H3,(H,28,29)(H,30,31). The molecule has 0 saturated carbocycles. The minimum atomic E-state index is -0.414. The monoisotopic (exact) mass is 539 g/mol. The first-order chi connectivity index (χ1) is 15.5. The van der Waals surface area contributed by atoms with Crippen LogP contribution in [0.2, 0.25) is 0 Å². The number of carbonyl (C=O) groups excluding carboxylic acids is 1. The lowest BCUT2D eigenvalue weighted by Gasteiger charge is -2.10. The number of amides is 1. The smallest absolute Gasteiger partial charge is 0.300 e. The number of H-pyrrole nitrogens is 1. The number of aromatic amines is 1. The highest BCUT2D eigenvalue weighted by Crippen LogP contribution is 2.38. The second-order valence-corrected chi connectivity index (χ2v) is 8.23. The Labute approximate surface area is 198 Å². The van der Waals surface area contributed by atoms with E-state index in [4.69, 9.17) is 4.74 Å². The van der Waals surface area contributed by atoms with Crippen LogP contribution in [0.1, 0.15) is 13.3 Å². The van der Waals surface area contributed by atoms with Gasteiger partial charge in [-0.15, -0.1) is 0 Å². The highest BCUT2D eigenvalue weighted by molar-refractivity contribution is 14.1. The highest BCUT2D eigenvalue weighted by Gasteiger charge is 2.17. The molecule has 32 heavy (non-hydrogen) atoms. The van der Waals surface area contributed by atoms with Crippen LogP contribution in [0.4, 0.5) is 10.1 Å². The van der Waals surface area contributed by atoms with E-state index in [0.29, 0.717) is 23.3 Å². The largest absolute Gasteiger partial charge is 0.493 e. The van der Waals surface area contributed by atoms with Crippen LogP contribution < -0.4 is 10.1 Å². The molecule has 0 aliphatic heterocycles. The van der Waals surface area contributed by atoms with Gasteiger partial charge in [0.25, 0.3) is 5.91 Å². The average Bonchev–Trinajstić information content (AvgIpc) is 3.20. The van der Waals surface area contributed by atoms with Crippen molar-refractivity contribution < 1.29 is 13.9 Å². The number of fused-ring (bicyclic) bond motifs is 1. The van der Waals surface area contributed by atoms with Crippen molar-refractivity contribution in [3.8, 4) is 39.8 Å². The number of benzene rings is 2. The fourth-order valence-electron chi connectivity index (χ4n) is 3.46. The number of hydrogen-bond donors (Lipinski definition) is 2. The number of halogens is 2. The number of nitrogens with zero attached hydrogens (tertiary/aromatic N) is 1. The van der Waals surface area contributed by atoms with Gasteiger partial charge < -0.3 is 15.0 Å². The van der Waals surface area contributed by atoms with Gasteiger partial charge in [-0.1, -0.05) is 25.0 Å². The van der Waals surface area contributed by atoms with E-state index in [0.717, 1.165) is 25.6 Å². The molecule has 0 aliphatic carbocycles. The van der Waals surface area contributed by atoms with Gasteiger partial charge in [-0.25, -0.2) is 9.37 Å². The maximum Gasteiger partial charge on any atom is 0.300 e. The zero-order chi connectivity index (χ0) is 22.7. The number of ether oxygens (including phenoxy) is 1. The van der Waals surface area contributed by atoms with Crippen molar-refractivity contribution in [2.45, 2.75) is 13.3 Å². The second kappa shape index (κ2) is 9.40. The Kier molecular flexibility index (Phi) is 6.42. The lowest BCUT2D eigenvalue weighted by Crippen LogP contribution is -2.08. The number of hydrogen-bond acceptors (Lipinski definition) is 3. The summed E-state index contributed by atoms with van der Waals surface area (Å²) in [5, 5.41) is 3.62. The lowest BCUT2D eigenvalue weighted by atomic mass is 10.0. The molecule has 0 radical (unpaired) electrons. The van der Waals surface area contributed by atoms with E-state index in [1.54, 1.807) is 12.4 Å². The van der Waals surface area contributed by atoms with Crippen LogP contribution in [0.25, 0.3) is 33.3 Å². The van der Waals surface area contributed by atoms with E-state index in [-0.39, 0.29) is 11.7 Å². The molecule has 0 atom stereocenters. The Bertz CT molecular complexity index is 1390. The summed E-state index contributed by atoms with van der Waals surface area (Å²) in [5.74, 6) is 4.73. The first kappa shape index (κ1) is 21.8. The molecule has 2 aromatic heterocycles. The normalized spacial score (nSPS) is 10.5. The zero-order valence-corrected chi connectivity index (χ0v) is 19.6. The molecule has 0 fully saturated rings. The van der Waals surface area contributed by atoms with Crippen molar-refractivity contribution in [3.05, 3.63) is 64.2 Å². The van der Waals surface area contributed by atoms with E-state index < -0.39 is 5.82 Å². The topological polar surface area (TPSA) is 67.0 Å². The molecule has 0 saturated heterocycles. The molecule has 0 aliphatic rings. The number of carbonyl (C=O) groups is 1. The van der Waals surface area contributed by atoms with Gasteiger partial charge in [-0.3, -0.25) is 4.79 Å². The van der Waals surface area contributed by atoms with Crippen LogP contribution in [0.5, 0.6) is 5.75 Å². The SMILES string of the molecule is CCC#CC(=O)Nc1cccc(-c2cnc3[nH]cc(-c4cc(I)cc(F)c4OC)c3c2)c1. The minimum Gasteiger partial charge on any atom is -0.493 e. The number of aromatic nitrogens is 2. The van der Waals surface area contributed by atoms with Crippen molar-refractivity contribution in [2.24, 2.45) is 0 Å². The average molecular weight is 539 g/mol. The van der Waals surface area contributed by atoms with Gasteiger partial charge in [-0.2, -0.15) is 0 Å². The molecule has 2 aromatic carbocycles. The van der Waals surface area contributed by atoms with E-state index in [1.165, 1.54) is 13.2 Å². The summed E-state index contributed by atoms with van der Waals surface area (Å²) in [4.78, 5) is 19.6. The Morgan fingerprint density at radius 3 is 2.84 bits per heavy atom. The molecular formula is C25H19FIN3O2. The molecule has 7 heteroatoms. The molecule has 160 valence electrons. The number of methoxy groups -OCH3 is 1. The molecule has 4 rings (SSSR count). The predicted molar refractivity (Wildman–Crippen MR) is 133 cm³/mol. The summed E-state index contributed by atoms with van der Waals surface area (Å²) < 4.78 is 20.6. The van der Waals surface area contributed by atoms with Crippen molar-refractivity contribution in [3.63, 3.8) is 0 Å². The lowest BCUT2D eigenvalue weighted by molar-refractivity contribution is -0.111. The quantitative estimate of drug-likeness (QED) is 0.247. The van der Waals surface area contributed by atoms with E-state index >= 15 is 0 Å². The molecule has 1 amide bonds. The fourth-order valence-corrected chi connectivity index (χ4v) is 4.04. The predicted octanol–water partition coefficient (Wildman–Crippen LogP) is 6.00. The van der Waals surface area contributed by atoms with Gasteiger partial charge in [0.1, 0.15) is 5.65 Å². The maximum absolute atomic E-state index is 14.5. The third-order valence-corrected chi connectivity index (χ3v) is 5.49. The highest BCUT2D eigenvalue weighted by atomic mass is 127. The number of nitrogens with one attached hydrogen (secondary N) is 2. The van der Waals surface area contributed by atoms with E-state index in [9.17, 15) is 9.18 Å². The molecule has 0 bridgehead atoms. The zero-order valence-electron chi connectivity index (χ0n) is 17.4. The summed E-state index contributed by atoms with van der Waals surface area (Å²) in [5.41, 5.74) is 4.52. The van der Waals surface area contributed by atoms with Crippen molar-refractivity contribution in [1.29, 1.82) is 0 Å². The minimum absolute atomic E-state index is 0.189. The fraction of sp³-hybridized carbons (Fsp3) is 0.120. The molecule has 0 spiro atoms. The third-order valence-electron chi connectivity index (χ3n) is 4.87. The first-order valence-electron chi connectivity index (χ1n) is 9.91. The van der Waals surface area contributed by atoms with Crippen LogP contribution in [-0.2, 0) is 4.79 Å². The summed E-state index contributed by atoms with van der Waals surface area (Å²) in [6.45, 7) is 1.89. The van der Waals surface area contributed by atoms with Gasteiger partial charge in [0.05, 0.1) is 7.11 Å². The summed E-state index contributed by atoms with van der Waals surface area (Å²) in [6.07, 6.45) is 4.18. The number of anilines is 1. The van der Waals surface area contributed by atoms with Gasteiger partial charge in [0.2, 0.25) is 0 Å². The maximum atomic E-state index is 14.5. The van der Waals surface area contributed by atoms with Crippen LogP contribution in [0.15, 0.2) is 54.9 Å². The summed E-state index contributed by atoms with van der Waals surface area (Å²) >= 11 is 2.08. The Morgan fingerprint density at radius 1 is 1.22 bits per heavy atom. The van der Waals surface area contributed by atoms with Gasteiger partial charge >= 0.3 is 0 Å². The first-order valence-corrected chi connectivity index (χ1v) is 11.0. The van der Waals surface area contributed by atoms with Gasteiger partial charge in [0.15, 0.2) is 11.6 Å². The van der Waals surface area contributed by atoms with Crippen molar-refractivity contribution >= 4 is 45.2 Å². The Morgan fingerprint density at radius 2 is 2.06 bits per heavy atom. The number of rotatable bonds is 4. The van der Waals surface area contributed by atoms with Crippen LogP contribution in [-0.4, -0.2) is 23.0 Å². The van der Waals surface area contributed by atoms with Gasteiger partial charge in [0, 0.05) is 50.1 Å². The summed E-state index contributed by atoms with van der Waals surface area (Å²) in [6, 6.07) is 12.8.